The number of nitrogens with one attached hydrogen (secondary N) is 1. The Morgan fingerprint density at radius 1 is 1.15 bits per heavy atom. The molecule has 0 aliphatic carbocycles. The van der Waals surface area contributed by atoms with Crippen LogP contribution in [0.3, 0.4) is 0 Å². The Balaban J connectivity index is 2.38. The van der Waals surface area contributed by atoms with Gasteiger partial charge in [-0.15, -0.1) is 0 Å². The number of halogens is 4. The number of aromatic nitrogens is 1. The molecule has 2 rings (SSSR count). The third-order valence-corrected chi connectivity index (χ3v) is 5.17. The molecule has 0 aliphatic heterocycles. The topological polar surface area (TPSA) is 59.1 Å². The maximum absolute atomic E-state index is 12.2. The minimum atomic E-state index is -3.82. The fourth-order valence-corrected chi connectivity index (χ4v) is 3.62. The minimum Gasteiger partial charge on any atom is -0.278 e. The van der Waals surface area contributed by atoms with Crippen LogP contribution in [0.4, 0.5) is 5.69 Å². The zero-order valence-electron chi connectivity index (χ0n) is 9.57. The van der Waals surface area contributed by atoms with Crippen LogP contribution >= 0.6 is 50.7 Å². The average molecular weight is 417 g/mol. The largest absolute Gasteiger partial charge is 0.278 e. The first kappa shape index (κ1) is 15.9. The fraction of sp³-hybridized carbons (Fsp3) is 0. The Bertz CT molecular complexity index is 768. The molecule has 0 amide bonds. The first-order valence-corrected chi connectivity index (χ1v) is 8.49. The zero-order valence-corrected chi connectivity index (χ0v) is 14.2. The number of hydrogen-bond donors (Lipinski definition) is 1. The van der Waals surface area contributed by atoms with E-state index in [1.807, 2.05) is 0 Å². The van der Waals surface area contributed by atoms with Crippen LogP contribution in [0.5, 0.6) is 0 Å². The van der Waals surface area contributed by atoms with E-state index < -0.39 is 10.0 Å². The van der Waals surface area contributed by atoms with Gasteiger partial charge in [0.1, 0.15) is 10.0 Å². The number of pyridine rings is 1. The van der Waals surface area contributed by atoms with Crippen LogP contribution in [-0.2, 0) is 10.0 Å². The summed E-state index contributed by atoms with van der Waals surface area (Å²) in [6, 6.07) is 5.90. The third-order valence-electron chi connectivity index (χ3n) is 2.26. The van der Waals surface area contributed by atoms with E-state index in [2.05, 4.69) is 25.6 Å². The highest BCUT2D eigenvalue weighted by atomic mass is 79.9. The highest BCUT2D eigenvalue weighted by Gasteiger charge is 2.17. The SMILES string of the molecule is O=S(=O)(Nc1ccc(Cl)cc1Br)c1cnc(Cl)c(Cl)c1. The summed E-state index contributed by atoms with van der Waals surface area (Å²) in [5.41, 5.74) is 0.348. The molecule has 0 spiro atoms. The van der Waals surface area contributed by atoms with E-state index in [0.29, 0.717) is 15.2 Å². The molecule has 1 N–H and O–H groups in total. The number of sulfonamides is 1. The van der Waals surface area contributed by atoms with Crippen LogP contribution in [0.15, 0.2) is 39.8 Å². The van der Waals surface area contributed by atoms with Gasteiger partial charge in [-0.2, -0.15) is 0 Å². The summed E-state index contributed by atoms with van der Waals surface area (Å²) in [6.07, 6.45) is 1.13. The lowest BCUT2D eigenvalue weighted by Gasteiger charge is -2.10. The van der Waals surface area contributed by atoms with Crippen LogP contribution in [0, 0.1) is 0 Å². The molecule has 0 atom stereocenters. The van der Waals surface area contributed by atoms with Crippen molar-refractivity contribution in [3.05, 3.63) is 50.1 Å². The van der Waals surface area contributed by atoms with Crippen molar-refractivity contribution in [3.8, 4) is 0 Å². The molecule has 106 valence electrons. The predicted molar refractivity (Wildman–Crippen MR) is 84.2 cm³/mol. The van der Waals surface area contributed by atoms with Crippen molar-refractivity contribution in [2.75, 3.05) is 4.72 Å². The van der Waals surface area contributed by atoms with Gasteiger partial charge in [0, 0.05) is 15.7 Å². The predicted octanol–water partition coefficient (Wildman–Crippen LogP) is 4.61. The summed E-state index contributed by atoms with van der Waals surface area (Å²) in [5.74, 6) is 0. The van der Waals surface area contributed by atoms with Crippen molar-refractivity contribution >= 4 is 66.4 Å². The van der Waals surface area contributed by atoms with E-state index >= 15 is 0 Å². The zero-order chi connectivity index (χ0) is 14.9. The van der Waals surface area contributed by atoms with Crippen LogP contribution in [0.1, 0.15) is 0 Å². The van der Waals surface area contributed by atoms with E-state index in [1.165, 1.54) is 12.1 Å². The van der Waals surface area contributed by atoms with Crippen molar-refractivity contribution in [2.45, 2.75) is 4.90 Å². The molecular weight excluding hydrogens is 410 g/mol. The summed E-state index contributed by atoms with van der Waals surface area (Å²) in [6.45, 7) is 0. The lowest BCUT2D eigenvalue weighted by Crippen LogP contribution is -2.13. The average Bonchev–Trinajstić information content (AvgIpc) is 2.36. The highest BCUT2D eigenvalue weighted by molar-refractivity contribution is 9.10. The lowest BCUT2D eigenvalue weighted by atomic mass is 10.3. The van der Waals surface area contributed by atoms with Crippen molar-refractivity contribution in [2.24, 2.45) is 0 Å². The van der Waals surface area contributed by atoms with Crippen LogP contribution in [0.2, 0.25) is 15.2 Å². The van der Waals surface area contributed by atoms with Crippen LogP contribution < -0.4 is 4.72 Å². The normalized spacial score (nSPS) is 11.4. The molecule has 0 radical (unpaired) electrons. The molecule has 2 aromatic rings. The molecule has 0 aliphatic rings. The molecule has 1 aromatic heterocycles. The number of anilines is 1. The van der Waals surface area contributed by atoms with Gasteiger partial charge in [-0.25, -0.2) is 13.4 Å². The Kier molecular flexibility index (Phi) is 4.81. The van der Waals surface area contributed by atoms with E-state index in [1.54, 1.807) is 12.1 Å². The molecule has 20 heavy (non-hydrogen) atoms. The Labute approximate surface area is 139 Å². The lowest BCUT2D eigenvalue weighted by molar-refractivity contribution is 0.601. The smallest absolute Gasteiger partial charge is 0.263 e. The van der Waals surface area contributed by atoms with Gasteiger partial charge in [0.25, 0.3) is 10.0 Å². The van der Waals surface area contributed by atoms with E-state index in [-0.39, 0.29) is 15.1 Å². The van der Waals surface area contributed by atoms with E-state index in [0.717, 1.165) is 6.20 Å². The second-order valence-electron chi connectivity index (χ2n) is 3.67. The quantitative estimate of drug-likeness (QED) is 0.744. The van der Waals surface area contributed by atoms with Gasteiger partial charge < -0.3 is 0 Å². The second kappa shape index (κ2) is 6.07. The van der Waals surface area contributed by atoms with Gasteiger partial charge in [-0.05, 0) is 40.2 Å². The van der Waals surface area contributed by atoms with E-state index in [4.69, 9.17) is 34.8 Å². The van der Waals surface area contributed by atoms with Gasteiger partial charge in [0.15, 0.2) is 0 Å². The van der Waals surface area contributed by atoms with Crippen LogP contribution in [0.25, 0.3) is 0 Å². The number of rotatable bonds is 3. The van der Waals surface area contributed by atoms with Gasteiger partial charge in [-0.3, -0.25) is 4.72 Å². The highest BCUT2D eigenvalue weighted by Crippen LogP contribution is 2.29. The Morgan fingerprint density at radius 3 is 2.45 bits per heavy atom. The molecule has 0 unspecified atom stereocenters. The molecule has 1 heterocycles. The van der Waals surface area contributed by atoms with Gasteiger partial charge >= 0.3 is 0 Å². The number of benzene rings is 1. The molecule has 0 saturated heterocycles. The van der Waals surface area contributed by atoms with Crippen molar-refractivity contribution in [3.63, 3.8) is 0 Å². The summed E-state index contributed by atoms with van der Waals surface area (Å²) in [5, 5.41) is 0.582. The summed E-state index contributed by atoms with van der Waals surface area (Å²) in [7, 11) is -3.82. The van der Waals surface area contributed by atoms with Crippen molar-refractivity contribution < 1.29 is 8.42 Å². The monoisotopic (exact) mass is 414 g/mol. The summed E-state index contributed by atoms with van der Waals surface area (Å²) in [4.78, 5) is 3.62. The number of nitrogens with zero attached hydrogens (tertiary/aromatic N) is 1. The maximum atomic E-state index is 12.2. The van der Waals surface area contributed by atoms with Gasteiger partial charge in [-0.1, -0.05) is 34.8 Å². The fourth-order valence-electron chi connectivity index (χ4n) is 1.33. The maximum Gasteiger partial charge on any atom is 0.263 e. The second-order valence-corrected chi connectivity index (χ2v) is 7.41. The molecule has 9 heteroatoms. The van der Waals surface area contributed by atoms with E-state index in [9.17, 15) is 8.42 Å². The van der Waals surface area contributed by atoms with Crippen molar-refractivity contribution in [1.29, 1.82) is 0 Å². The van der Waals surface area contributed by atoms with Crippen molar-refractivity contribution in [1.82, 2.24) is 4.98 Å². The molecule has 1 aromatic carbocycles. The third kappa shape index (κ3) is 3.56. The van der Waals surface area contributed by atoms with Crippen LogP contribution in [-0.4, -0.2) is 13.4 Å². The summed E-state index contributed by atoms with van der Waals surface area (Å²) < 4.78 is 27.3. The molecular formula is C11H6BrCl3N2O2S. The Hall–Kier alpha value is -0.530. The molecule has 0 saturated carbocycles. The first-order valence-electron chi connectivity index (χ1n) is 5.08. The minimum absolute atomic E-state index is 0.0401. The molecule has 4 nitrogen and oxygen atoms in total. The summed E-state index contributed by atoms with van der Waals surface area (Å²) >= 11 is 20.4. The Morgan fingerprint density at radius 2 is 1.85 bits per heavy atom. The van der Waals surface area contributed by atoms with Gasteiger partial charge in [0.05, 0.1) is 10.7 Å². The molecule has 0 bridgehead atoms. The first-order chi connectivity index (χ1) is 9.29. The van der Waals surface area contributed by atoms with Gasteiger partial charge in [0.2, 0.25) is 0 Å². The molecule has 0 fully saturated rings. The number of hydrogen-bond acceptors (Lipinski definition) is 3. The standard InChI is InChI=1S/C11H6BrCl3N2O2S/c12-8-3-6(13)1-2-10(8)17-20(18,19)7-4-9(14)11(15)16-5-7/h1-5,17H.